The number of nitrogens with zero attached hydrogens (tertiary/aromatic N) is 4. The molecular weight excluding hydrogens is 409 g/mol. The van der Waals surface area contributed by atoms with E-state index in [1.54, 1.807) is 6.07 Å². The average molecular weight is 428 g/mol. The number of pyridine rings is 1. The number of hydrogen-bond donors (Lipinski definition) is 2. The van der Waals surface area contributed by atoms with Crippen molar-refractivity contribution < 1.29 is 17.9 Å². The molecule has 0 bridgehead atoms. The predicted molar refractivity (Wildman–Crippen MR) is 109 cm³/mol. The quantitative estimate of drug-likeness (QED) is 0.642. The van der Waals surface area contributed by atoms with Gasteiger partial charge in [-0.2, -0.15) is 0 Å². The molecule has 0 unspecified atom stereocenters. The van der Waals surface area contributed by atoms with Gasteiger partial charge >= 0.3 is 0 Å². The Balaban J connectivity index is 1.57. The highest BCUT2D eigenvalue weighted by Gasteiger charge is 2.62. The van der Waals surface area contributed by atoms with Crippen LogP contribution >= 0.6 is 0 Å². The topological polar surface area (TPSA) is 98.3 Å². The minimum Gasteiger partial charge on any atom is -0.495 e. The Morgan fingerprint density at radius 1 is 1.23 bits per heavy atom. The van der Waals surface area contributed by atoms with Crippen LogP contribution in [0.25, 0.3) is 11.0 Å². The van der Waals surface area contributed by atoms with Gasteiger partial charge < -0.3 is 15.8 Å². The third kappa shape index (κ3) is 3.13. The van der Waals surface area contributed by atoms with Crippen LogP contribution in [0, 0.1) is 17.7 Å². The smallest absolute Gasteiger partial charge is 0.267 e. The first-order valence-corrected chi connectivity index (χ1v) is 9.76. The molecule has 160 valence electrons. The molecule has 0 saturated heterocycles. The van der Waals surface area contributed by atoms with Crippen molar-refractivity contribution in [1.82, 2.24) is 15.0 Å². The van der Waals surface area contributed by atoms with Gasteiger partial charge in [-0.25, -0.2) is 28.1 Å². The summed E-state index contributed by atoms with van der Waals surface area (Å²) in [4.78, 5) is 16.8. The van der Waals surface area contributed by atoms with Gasteiger partial charge in [-0.1, -0.05) is 0 Å². The number of benzene rings is 1. The van der Waals surface area contributed by atoms with Crippen molar-refractivity contribution in [2.75, 3.05) is 12.4 Å². The van der Waals surface area contributed by atoms with Gasteiger partial charge in [0.25, 0.3) is 6.43 Å². The Kier molecular flexibility index (Phi) is 4.45. The molecule has 7 nitrogen and oxygen atoms in total. The normalized spacial score (nSPS) is 24.6. The number of aliphatic imine (C=N–C) groups is 1. The molecule has 2 aromatic heterocycles. The molecule has 2 aliphatic rings. The van der Waals surface area contributed by atoms with E-state index in [9.17, 15) is 13.2 Å². The van der Waals surface area contributed by atoms with Crippen LogP contribution < -0.4 is 15.8 Å². The van der Waals surface area contributed by atoms with Gasteiger partial charge in [0.15, 0.2) is 11.4 Å². The molecule has 10 heteroatoms. The van der Waals surface area contributed by atoms with Crippen LogP contribution in [0.15, 0.2) is 41.8 Å². The first-order chi connectivity index (χ1) is 14.9. The molecule has 3 N–H and O–H groups in total. The van der Waals surface area contributed by atoms with Gasteiger partial charge in [-0.15, -0.1) is 0 Å². The Hall–Kier alpha value is -3.43. The zero-order chi connectivity index (χ0) is 21.8. The monoisotopic (exact) mass is 428 g/mol. The number of halogens is 3. The van der Waals surface area contributed by atoms with Crippen LogP contribution in [0.1, 0.15) is 18.4 Å². The molecule has 1 aromatic carbocycles. The molecule has 0 radical (unpaired) electrons. The number of nitrogens with two attached hydrogens (primary N) is 1. The third-order valence-electron chi connectivity index (χ3n) is 5.97. The minimum absolute atomic E-state index is 0.00695. The molecule has 0 amide bonds. The Bertz CT molecular complexity index is 1200. The van der Waals surface area contributed by atoms with E-state index < -0.39 is 23.7 Å². The van der Waals surface area contributed by atoms with Crippen molar-refractivity contribution >= 4 is 28.4 Å². The number of nitrogens with one attached hydrogen (secondary N) is 1. The Labute approximate surface area is 175 Å². The van der Waals surface area contributed by atoms with E-state index in [1.165, 1.54) is 31.8 Å². The molecule has 5 rings (SSSR count). The number of anilines is 2. The van der Waals surface area contributed by atoms with Crippen LogP contribution in [0.4, 0.5) is 24.7 Å². The summed E-state index contributed by atoms with van der Waals surface area (Å²) in [5.41, 5.74) is 5.07. The van der Waals surface area contributed by atoms with E-state index in [0.717, 1.165) is 6.07 Å². The third-order valence-corrected chi connectivity index (χ3v) is 5.97. The van der Waals surface area contributed by atoms with Gasteiger partial charge in [0.2, 0.25) is 0 Å². The van der Waals surface area contributed by atoms with Crippen molar-refractivity contribution in [2.24, 2.45) is 22.6 Å². The molecule has 3 atom stereocenters. The molecule has 1 aliphatic heterocycles. The molecule has 0 spiro atoms. The second kappa shape index (κ2) is 7.07. The summed E-state index contributed by atoms with van der Waals surface area (Å²) >= 11 is 0. The van der Waals surface area contributed by atoms with Crippen molar-refractivity contribution in [1.29, 1.82) is 0 Å². The Morgan fingerprint density at radius 3 is 2.84 bits per heavy atom. The molecule has 31 heavy (non-hydrogen) atoms. The fraction of sp³-hybridized carbons (Fsp3) is 0.333. The van der Waals surface area contributed by atoms with E-state index >= 15 is 0 Å². The number of fused-ring (bicyclic) bond motifs is 2. The number of rotatable bonds is 5. The van der Waals surface area contributed by atoms with Gasteiger partial charge in [0.05, 0.1) is 24.7 Å². The van der Waals surface area contributed by atoms with E-state index in [-0.39, 0.29) is 17.3 Å². The average Bonchev–Trinajstić information content (AvgIpc) is 3.53. The molecule has 3 heterocycles. The van der Waals surface area contributed by atoms with Gasteiger partial charge in [-0.05, 0) is 36.5 Å². The maximum Gasteiger partial charge on any atom is 0.267 e. The van der Waals surface area contributed by atoms with E-state index in [4.69, 9.17) is 10.5 Å². The van der Waals surface area contributed by atoms with Crippen LogP contribution in [0.5, 0.6) is 5.75 Å². The lowest BCUT2D eigenvalue weighted by molar-refractivity contribution is 0.0322. The van der Waals surface area contributed by atoms with Crippen LogP contribution in [-0.2, 0) is 5.54 Å². The number of alkyl halides is 2. The van der Waals surface area contributed by atoms with Crippen molar-refractivity contribution in [3.8, 4) is 5.75 Å². The maximum atomic E-state index is 14.8. The SMILES string of the molecule is COc1cnc2c(Nc3ccc(F)c([C@@]4(C(F)F)N=C(N)C[C@@H]5C[C@@H]54)c3)ncnc2c1. The van der Waals surface area contributed by atoms with E-state index in [2.05, 4.69) is 25.3 Å². The second-order valence-corrected chi connectivity index (χ2v) is 7.82. The zero-order valence-corrected chi connectivity index (χ0v) is 16.5. The summed E-state index contributed by atoms with van der Waals surface area (Å²) in [6.45, 7) is 0. The standard InChI is InChI=1S/C21H19F3N6O/c1-31-12-7-16-18(26-8-12)19(28-9-27-16)29-11-2-3-15(22)14(6-11)21(20(23)24)13-4-10(13)5-17(25)30-21/h2-3,6-10,13,20H,4-5H2,1H3,(H2,25,30)(H,27,28,29)/t10-,13-,21-/m0/s1. The van der Waals surface area contributed by atoms with Crippen LogP contribution in [0.2, 0.25) is 0 Å². The summed E-state index contributed by atoms with van der Waals surface area (Å²) < 4.78 is 48.7. The highest BCUT2D eigenvalue weighted by molar-refractivity contribution is 5.87. The van der Waals surface area contributed by atoms with E-state index in [1.807, 2.05) is 0 Å². The van der Waals surface area contributed by atoms with Crippen molar-refractivity contribution in [3.63, 3.8) is 0 Å². The lowest BCUT2D eigenvalue weighted by Gasteiger charge is -2.34. The summed E-state index contributed by atoms with van der Waals surface area (Å²) in [7, 11) is 1.52. The molecule has 1 saturated carbocycles. The number of amidine groups is 1. The van der Waals surface area contributed by atoms with Gasteiger partial charge in [-0.3, -0.25) is 4.99 Å². The second-order valence-electron chi connectivity index (χ2n) is 7.82. The molecule has 3 aromatic rings. The lowest BCUT2D eigenvalue weighted by atomic mass is 9.82. The Morgan fingerprint density at radius 2 is 2.06 bits per heavy atom. The fourth-order valence-corrected chi connectivity index (χ4v) is 4.41. The van der Waals surface area contributed by atoms with Crippen LogP contribution in [-0.4, -0.2) is 34.3 Å². The highest BCUT2D eigenvalue weighted by atomic mass is 19.3. The summed E-state index contributed by atoms with van der Waals surface area (Å²) in [6.07, 6.45) is 0.998. The number of hydrogen-bond acceptors (Lipinski definition) is 7. The summed E-state index contributed by atoms with van der Waals surface area (Å²) in [5, 5.41) is 3.04. The molecule has 1 aliphatic carbocycles. The predicted octanol–water partition coefficient (Wildman–Crippen LogP) is 3.77. The maximum absolute atomic E-state index is 14.8. The number of aromatic nitrogens is 3. The van der Waals surface area contributed by atoms with Gasteiger partial charge in [0.1, 0.15) is 23.4 Å². The zero-order valence-electron chi connectivity index (χ0n) is 16.5. The molecular formula is C21H19F3N6O. The number of ether oxygens (including phenoxy) is 1. The minimum atomic E-state index is -2.89. The van der Waals surface area contributed by atoms with E-state index in [0.29, 0.717) is 41.1 Å². The highest BCUT2D eigenvalue weighted by Crippen LogP contribution is 2.60. The first-order valence-electron chi connectivity index (χ1n) is 9.76. The van der Waals surface area contributed by atoms with Crippen LogP contribution in [0.3, 0.4) is 0 Å². The van der Waals surface area contributed by atoms with Crippen molar-refractivity contribution in [3.05, 3.63) is 48.2 Å². The first kappa shape index (κ1) is 19.5. The summed E-state index contributed by atoms with van der Waals surface area (Å²) in [6, 6.07) is 5.66. The molecule has 1 fully saturated rings. The summed E-state index contributed by atoms with van der Waals surface area (Å²) in [5.74, 6) is -0.146. The largest absolute Gasteiger partial charge is 0.495 e. The number of methoxy groups -OCH3 is 1. The van der Waals surface area contributed by atoms with Crippen molar-refractivity contribution in [2.45, 2.75) is 24.8 Å². The lowest BCUT2D eigenvalue weighted by Crippen LogP contribution is -2.41. The van der Waals surface area contributed by atoms with Gasteiger partial charge in [0, 0.05) is 23.7 Å². The fourth-order valence-electron chi connectivity index (χ4n) is 4.41.